The molecule has 0 saturated heterocycles. The number of ether oxygens (including phenoxy) is 1. The van der Waals surface area contributed by atoms with E-state index in [-0.39, 0.29) is 18.5 Å². The Hall–Kier alpha value is -1.92. The van der Waals surface area contributed by atoms with E-state index in [9.17, 15) is 9.59 Å². The van der Waals surface area contributed by atoms with Crippen molar-refractivity contribution < 1.29 is 14.3 Å². The van der Waals surface area contributed by atoms with E-state index >= 15 is 0 Å². The summed E-state index contributed by atoms with van der Waals surface area (Å²) in [5.74, 6) is -0.635. The van der Waals surface area contributed by atoms with Crippen molar-refractivity contribution in [1.29, 1.82) is 0 Å². The summed E-state index contributed by atoms with van der Waals surface area (Å²) < 4.78 is 6.04. The van der Waals surface area contributed by atoms with Crippen molar-refractivity contribution in [3.05, 3.63) is 12.7 Å². The number of carbonyl (C=O) groups is 2. The number of methoxy groups -OCH3 is 1. The molecule has 0 aliphatic carbocycles. The fraction of sp³-hybridized carbons (Fsp3) is 0.636. The van der Waals surface area contributed by atoms with Gasteiger partial charge in [0, 0.05) is 6.04 Å². The van der Waals surface area contributed by atoms with Crippen LogP contribution in [0.1, 0.15) is 26.8 Å². The van der Waals surface area contributed by atoms with E-state index in [0.717, 1.165) is 0 Å². The molecule has 1 amide bonds. The van der Waals surface area contributed by atoms with Crippen LogP contribution in [0.2, 0.25) is 0 Å². The van der Waals surface area contributed by atoms with Crippen LogP contribution >= 0.6 is 0 Å². The van der Waals surface area contributed by atoms with Gasteiger partial charge in [0.25, 0.3) is 0 Å². The van der Waals surface area contributed by atoms with Crippen molar-refractivity contribution in [3.63, 3.8) is 0 Å². The van der Waals surface area contributed by atoms with Gasteiger partial charge in [-0.2, -0.15) is 5.10 Å². The van der Waals surface area contributed by atoms with Crippen LogP contribution in [-0.4, -0.2) is 51.2 Å². The van der Waals surface area contributed by atoms with E-state index in [1.807, 2.05) is 13.8 Å². The molecule has 1 aromatic heterocycles. The maximum absolute atomic E-state index is 12.3. The van der Waals surface area contributed by atoms with Crippen LogP contribution in [0.4, 0.5) is 0 Å². The van der Waals surface area contributed by atoms with Crippen LogP contribution in [0.3, 0.4) is 0 Å². The summed E-state index contributed by atoms with van der Waals surface area (Å²) in [5, 5.41) is 3.92. The molecule has 1 rings (SSSR count). The molecule has 0 N–H and O–H groups in total. The third-order valence-corrected chi connectivity index (χ3v) is 2.62. The van der Waals surface area contributed by atoms with Gasteiger partial charge in [-0.3, -0.25) is 9.59 Å². The maximum atomic E-state index is 12.3. The van der Waals surface area contributed by atoms with Gasteiger partial charge >= 0.3 is 5.97 Å². The van der Waals surface area contributed by atoms with Gasteiger partial charge in [-0.15, -0.1) is 0 Å². The van der Waals surface area contributed by atoms with Gasteiger partial charge < -0.3 is 9.64 Å². The number of amides is 1. The minimum Gasteiger partial charge on any atom is -0.468 e. The van der Waals surface area contributed by atoms with Crippen molar-refractivity contribution in [1.82, 2.24) is 19.7 Å². The number of hydrogen-bond donors (Lipinski definition) is 0. The van der Waals surface area contributed by atoms with Crippen molar-refractivity contribution in [2.75, 3.05) is 13.7 Å². The van der Waals surface area contributed by atoms with Gasteiger partial charge in [0.15, 0.2) is 0 Å². The summed E-state index contributed by atoms with van der Waals surface area (Å²) in [7, 11) is 1.30. The quantitative estimate of drug-likeness (QED) is 0.704. The van der Waals surface area contributed by atoms with Gasteiger partial charge in [-0.25, -0.2) is 9.67 Å². The second-order valence-electron chi connectivity index (χ2n) is 4.19. The molecule has 0 aromatic carbocycles. The normalized spacial score (nSPS) is 12.3. The molecule has 1 unspecified atom stereocenters. The molecule has 0 aliphatic rings. The van der Waals surface area contributed by atoms with Crippen molar-refractivity contribution in [3.8, 4) is 0 Å². The molecule has 0 radical (unpaired) electrons. The lowest BCUT2D eigenvalue weighted by Crippen LogP contribution is -2.44. The number of carbonyl (C=O) groups excluding carboxylic acids is 2. The highest BCUT2D eigenvalue weighted by molar-refractivity contribution is 5.84. The summed E-state index contributed by atoms with van der Waals surface area (Å²) >= 11 is 0. The highest BCUT2D eigenvalue weighted by Gasteiger charge is 2.26. The van der Waals surface area contributed by atoms with E-state index in [1.54, 1.807) is 6.92 Å². The monoisotopic (exact) mass is 254 g/mol. The van der Waals surface area contributed by atoms with E-state index in [4.69, 9.17) is 0 Å². The Morgan fingerprint density at radius 2 is 2.06 bits per heavy atom. The lowest BCUT2D eigenvalue weighted by molar-refractivity contribution is -0.149. The highest BCUT2D eigenvalue weighted by Crippen LogP contribution is 2.11. The minimum absolute atomic E-state index is 0.0635. The first-order chi connectivity index (χ1) is 8.47. The fourth-order valence-corrected chi connectivity index (χ4v) is 1.49. The van der Waals surface area contributed by atoms with Crippen molar-refractivity contribution in [2.24, 2.45) is 0 Å². The molecule has 0 fully saturated rings. The van der Waals surface area contributed by atoms with Crippen LogP contribution < -0.4 is 0 Å². The molecule has 7 nitrogen and oxygen atoms in total. The SMILES string of the molecule is COC(=O)CN(C(=O)C(C)n1cncn1)C(C)C. The van der Waals surface area contributed by atoms with Gasteiger partial charge in [0.2, 0.25) is 5.91 Å². The maximum Gasteiger partial charge on any atom is 0.325 e. The van der Waals surface area contributed by atoms with Gasteiger partial charge in [0.05, 0.1) is 7.11 Å². The average Bonchev–Trinajstić information content (AvgIpc) is 2.87. The number of esters is 1. The van der Waals surface area contributed by atoms with Crippen LogP contribution in [-0.2, 0) is 14.3 Å². The topological polar surface area (TPSA) is 77.3 Å². The van der Waals surface area contributed by atoms with Crippen LogP contribution in [0.25, 0.3) is 0 Å². The second-order valence-corrected chi connectivity index (χ2v) is 4.19. The standard InChI is InChI=1S/C11H18N4O3/c1-8(2)14(5-10(16)18-4)11(17)9(3)15-7-12-6-13-15/h6-9H,5H2,1-4H3. The smallest absolute Gasteiger partial charge is 0.325 e. The van der Waals surface area contributed by atoms with Gasteiger partial charge in [-0.1, -0.05) is 0 Å². The van der Waals surface area contributed by atoms with E-state index in [2.05, 4.69) is 14.8 Å². The molecule has 1 atom stereocenters. The summed E-state index contributed by atoms with van der Waals surface area (Å²) in [5.41, 5.74) is 0. The highest BCUT2D eigenvalue weighted by atomic mass is 16.5. The Morgan fingerprint density at radius 3 is 2.50 bits per heavy atom. The first-order valence-electron chi connectivity index (χ1n) is 5.68. The fourth-order valence-electron chi connectivity index (χ4n) is 1.49. The third-order valence-electron chi connectivity index (χ3n) is 2.62. The molecule has 7 heteroatoms. The molecular formula is C11H18N4O3. The molecule has 0 bridgehead atoms. The summed E-state index contributed by atoms with van der Waals surface area (Å²) in [4.78, 5) is 28.8. The first kappa shape index (κ1) is 14.1. The van der Waals surface area contributed by atoms with Crippen LogP contribution in [0.5, 0.6) is 0 Å². The van der Waals surface area contributed by atoms with E-state index in [1.165, 1.54) is 29.3 Å². The molecule has 1 aromatic rings. The van der Waals surface area contributed by atoms with Gasteiger partial charge in [-0.05, 0) is 20.8 Å². The Bertz CT molecular complexity index is 402. The summed E-state index contributed by atoms with van der Waals surface area (Å²) in [6.45, 7) is 5.33. The molecule has 0 saturated carbocycles. The van der Waals surface area contributed by atoms with Crippen LogP contribution in [0, 0.1) is 0 Å². The number of aromatic nitrogens is 3. The molecule has 18 heavy (non-hydrogen) atoms. The first-order valence-corrected chi connectivity index (χ1v) is 5.68. The Kier molecular flexibility index (Phi) is 4.82. The Morgan fingerprint density at radius 1 is 1.39 bits per heavy atom. The largest absolute Gasteiger partial charge is 0.468 e. The molecule has 0 aliphatic heterocycles. The lowest BCUT2D eigenvalue weighted by Gasteiger charge is -2.28. The number of hydrogen-bond acceptors (Lipinski definition) is 5. The molecule has 0 spiro atoms. The molecule has 100 valence electrons. The second kappa shape index (κ2) is 6.13. The van der Waals surface area contributed by atoms with E-state index < -0.39 is 12.0 Å². The number of rotatable bonds is 5. The zero-order valence-electron chi connectivity index (χ0n) is 11.0. The average molecular weight is 254 g/mol. The minimum atomic E-state index is -0.500. The van der Waals surface area contributed by atoms with E-state index in [0.29, 0.717) is 0 Å². The molecular weight excluding hydrogens is 236 g/mol. The third kappa shape index (κ3) is 3.28. The zero-order valence-corrected chi connectivity index (χ0v) is 11.0. The lowest BCUT2D eigenvalue weighted by atomic mass is 10.2. The zero-order chi connectivity index (χ0) is 13.7. The molecule has 1 heterocycles. The van der Waals surface area contributed by atoms with Crippen LogP contribution in [0.15, 0.2) is 12.7 Å². The predicted octanol–water partition coefficient (Wildman–Crippen LogP) is 0.249. The Labute approximate surface area is 106 Å². The Balaban J connectivity index is 2.79. The van der Waals surface area contributed by atoms with Crippen molar-refractivity contribution in [2.45, 2.75) is 32.9 Å². The summed E-state index contributed by atoms with van der Waals surface area (Å²) in [6, 6.07) is -0.595. The number of nitrogens with zero attached hydrogens (tertiary/aromatic N) is 4. The van der Waals surface area contributed by atoms with Crippen molar-refractivity contribution >= 4 is 11.9 Å². The van der Waals surface area contributed by atoms with Gasteiger partial charge in [0.1, 0.15) is 25.2 Å². The summed E-state index contributed by atoms with van der Waals surface area (Å²) in [6.07, 6.45) is 2.84. The predicted molar refractivity (Wildman–Crippen MR) is 63.6 cm³/mol.